The van der Waals surface area contributed by atoms with Gasteiger partial charge in [0.1, 0.15) is 0 Å². The molecule has 0 aromatic rings. The molecule has 0 radical (unpaired) electrons. The van der Waals surface area contributed by atoms with Crippen LogP contribution in [0.1, 0.15) is 51.9 Å². The highest BCUT2D eigenvalue weighted by Crippen LogP contribution is 2.40. The van der Waals surface area contributed by atoms with Crippen molar-refractivity contribution in [3.63, 3.8) is 0 Å². The number of hydrogen-bond donors (Lipinski definition) is 2. The minimum Gasteiger partial charge on any atom is -0.385 e. The summed E-state index contributed by atoms with van der Waals surface area (Å²) in [6.45, 7) is 8.91. The van der Waals surface area contributed by atoms with E-state index in [1.807, 2.05) is 7.05 Å². The first kappa shape index (κ1) is 23.0. The van der Waals surface area contributed by atoms with Crippen LogP contribution in [-0.4, -0.2) is 64.3 Å². The van der Waals surface area contributed by atoms with Crippen LogP contribution in [0.3, 0.4) is 0 Å². The van der Waals surface area contributed by atoms with Crippen molar-refractivity contribution in [3.05, 3.63) is 0 Å². The van der Waals surface area contributed by atoms with Gasteiger partial charge in [0, 0.05) is 40.4 Å². The number of methoxy groups -OCH3 is 1. The van der Waals surface area contributed by atoms with Crippen molar-refractivity contribution in [1.82, 2.24) is 15.5 Å². The Bertz CT molecular complexity index is 386. The molecule has 0 aromatic heterocycles. The lowest BCUT2D eigenvalue weighted by molar-refractivity contribution is 0.138. The molecular weight excluding hydrogens is 427 g/mol. The summed E-state index contributed by atoms with van der Waals surface area (Å²) in [5.41, 5.74) is 0.402. The Labute approximate surface area is 171 Å². The molecule has 0 spiro atoms. The van der Waals surface area contributed by atoms with E-state index in [0.29, 0.717) is 5.41 Å². The van der Waals surface area contributed by atoms with Gasteiger partial charge < -0.3 is 20.3 Å². The molecule has 1 aliphatic carbocycles. The summed E-state index contributed by atoms with van der Waals surface area (Å²) >= 11 is 0. The minimum absolute atomic E-state index is 0. The lowest BCUT2D eigenvalue weighted by Gasteiger charge is -2.30. The van der Waals surface area contributed by atoms with Crippen LogP contribution in [0.4, 0.5) is 0 Å². The smallest absolute Gasteiger partial charge is 0.191 e. The third-order valence-electron chi connectivity index (χ3n) is 5.82. The maximum absolute atomic E-state index is 5.33. The van der Waals surface area contributed by atoms with Crippen LogP contribution in [0.5, 0.6) is 0 Å². The highest BCUT2D eigenvalue weighted by molar-refractivity contribution is 14.0. The van der Waals surface area contributed by atoms with Gasteiger partial charge in [-0.2, -0.15) is 0 Å². The van der Waals surface area contributed by atoms with Gasteiger partial charge in [0.25, 0.3) is 0 Å². The molecule has 1 saturated carbocycles. The summed E-state index contributed by atoms with van der Waals surface area (Å²) in [4.78, 5) is 7.01. The van der Waals surface area contributed by atoms with Crippen molar-refractivity contribution in [2.45, 2.75) is 51.9 Å². The van der Waals surface area contributed by atoms with Gasteiger partial charge >= 0.3 is 0 Å². The molecule has 148 valence electrons. The predicted octanol–water partition coefficient (Wildman–Crippen LogP) is 3.10. The fourth-order valence-electron chi connectivity index (χ4n) is 4.29. The summed E-state index contributed by atoms with van der Waals surface area (Å²) in [5.74, 6) is 1.72. The zero-order valence-electron chi connectivity index (χ0n) is 16.5. The first-order chi connectivity index (χ1) is 11.7. The van der Waals surface area contributed by atoms with E-state index >= 15 is 0 Å². The molecule has 25 heavy (non-hydrogen) atoms. The monoisotopic (exact) mass is 466 g/mol. The highest BCUT2D eigenvalue weighted by Gasteiger charge is 2.33. The van der Waals surface area contributed by atoms with Gasteiger partial charge in [0.05, 0.1) is 0 Å². The second-order valence-electron chi connectivity index (χ2n) is 7.71. The van der Waals surface area contributed by atoms with Crippen LogP contribution in [0, 0.1) is 11.3 Å². The van der Waals surface area contributed by atoms with E-state index in [9.17, 15) is 0 Å². The summed E-state index contributed by atoms with van der Waals surface area (Å²) in [6.07, 6.45) is 9.06. The van der Waals surface area contributed by atoms with Crippen molar-refractivity contribution in [2.75, 3.05) is 53.5 Å². The molecule has 2 fully saturated rings. The van der Waals surface area contributed by atoms with E-state index in [2.05, 4.69) is 27.4 Å². The Hall–Kier alpha value is -0.0800. The minimum atomic E-state index is 0. The summed E-state index contributed by atoms with van der Waals surface area (Å²) in [7, 11) is 3.68. The Balaban J connectivity index is 0.00000312. The molecule has 6 heteroatoms. The topological polar surface area (TPSA) is 48.9 Å². The molecule has 1 unspecified atom stereocenters. The summed E-state index contributed by atoms with van der Waals surface area (Å²) < 4.78 is 5.33. The number of guanidine groups is 1. The molecule has 2 rings (SSSR count). The number of rotatable bonds is 9. The number of nitrogens with zero attached hydrogens (tertiary/aromatic N) is 2. The predicted molar refractivity (Wildman–Crippen MR) is 117 cm³/mol. The lowest BCUT2D eigenvalue weighted by atomic mass is 9.83. The number of aliphatic imine (C=N–C) groups is 1. The quantitative estimate of drug-likeness (QED) is 0.312. The second-order valence-corrected chi connectivity index (χ2v) is 7.71. The van der Waals surface area contributed by atoms with E-state index in [1.165, 1.54) is 58.2 Å². The fourth-order valence-corrected chi connectivity index (χ4v) is 4.29. The normalized spacial score (nSPS) is 23.5. The van der Waals surface area contributed by atoms with E-state index in [4.69, 9.17) is 4.74 Å². The highest BCUT2D eigenvalue weighted by atomic mass is 127. The van der Waals surface area contributed by atoms with E-state index in [0.717, 1.165) is 38.0 Å². The standard InChI is InChI=1S/C19H38N4O.HI/c1-4-11-23-12-7-17(15-23)14-21-18(20-2)22-16-19(10-13-24-3)8-5-6-9-19;/h17H,4-16H2,1-3H3,(H2,20,21,22);1H. The Morgan fingerprint density at radius 1 is 1.28 bits per heavy atom. The van der Waals surface area contributed by atoms with Crippen LogP contribution in [0.25, 0.3) is 0 Å². The fraction of sp³-hybridized carbons (Fsp3) is 0.947. The van der Waals surface area contributed by atoms with Crippen molar-refractivity contribution in [2.24, 2.45) is 16.3 Å². The molecule has 5 nitrogen and oxygen atoms in total. The molecule has 1 atom stereocenters. The van der Waals surface area contributed by atoms with Crippen LogP contribution in [0.2, 0.25) is 0 Å². The lowest BCUT2D eigenvalue weighted by Crippen LogP contribution is -2.45. The second kappa shape index (κ2) is 12.3. The number of nitrogens with one attached hydrogen (secondary N) is 2. The van der Waals surface area contributed by atoms with Gasteiger partial charge in [-0.3, -0.25) is 4.99 Å². The van der Waals surface area contributed by atoms with Crippen LogP contribution in [-0.2, 0) is 4.74 Å². The Morgan fingerprint density at radius 2 is 2.04 bits per heavy atom. The van der Waals surface area contributed by atoms with Gasteiger partial charge in [-0.15, -0.1) is 24.0 Å². The van der Waals surface area contributed by atoms with Gasteiger partial charge in [-0.05, 0) is 56.5 Å². The first-order valence-electron chi connectivity index (χ1n) is 9.87. The molecule has 0 aromatic carbocycles. The molecule has 2 N–H and O–H groups in total. The SMILES string of the molecule is CCCN1CCC(CNC(=NC)NCC2(CCOC)CCCC2)C1.I. The average Bonchev–Trinajstić information content (AvgIpc) is 3.24. The van der Waals surface area contributed by atoms with Crippen LogP contribution >= 0.6 is 24.0 Å². The van der Waals surface area contributed by atoms with E-state index < -0.39 is 0 Å². The van der Waals surface area contributed by atoms with Crippen LogP contribution in [0.15, 0.2) is 4.99 Å². The van der Waals surface area contributed by atoms with Gasteiger partial charge in [0.2, 0.25) is 0 Å². The molecule has 2 aliphatic rings. The van der Waals surface area contributed by atoms with E-state index in [1.54, 1.807) is 7.11 Å². The summed E-state index contributed by atoms with van der Waals surface area (Å²) in [6, 6.07) is 0. The molecule has 1 aliphatic heterocycles. The number of hydrogen-bond acceptors (Lipinski definition) is 3. The Kier molecular flexibility index (Phi) is 11.3. The Morgan fingerprint density at radius 3 is 2.68 bits per heavy atom. The number of likely N-dealkylation sites (tertiary alicyclic amines) is 1. The third kappa shape index (κ3) is 7.59. The van der Waals surface area contributed by atoms with Gasteiger partial charge in [-0.1, -0.05) is 19.8 Å². The summed E-state index contributed by atoms with van der Waals surface area (Å²) in [5, 5.41) is 7.14. The molecule has 0 bridgehead atoms. The van der Waals surface area contributed by atoms with Crippen molar-refractivity contribution in [3.8, 4) is 0 Å². The third-order valence-corrected chi connectivity index (χ3v) is 5.82. The zero-order valence-corrected chi connectivity index (χ0v) is 18.8. The molecule has 0 amide bonds. The van der Waals surface area contributed by atoms with E-state index in [-0.39, 0.29) is 24.0 Å². The van der Waals surface area contributed by atoms with Gasteiger partial charge in [-0.25, -0.2) is 0 Å². The molecule has 1 saturated heterocycles. The van der Waals surface area contributed by atoms with Gasteiger partial charge in [0.15, 0.2) is 5.96 Å². The van der Waals surface area contributed by atoms with Crippen molar-refractivity contribution < 1.29 is 4.74 Å². The molecular formula is C19H39IN4O. The van der Waals surface area contributed by atoms with Crippen molar-refractivity contribution in [1.29, 1.82) is 0 Å². The first-order valence-corrected chi connectivity index (χ1v) is 9.87. The maximum atomic E-state index is 5.33. The van der Waals surface area contributed by atoms with Crippen LogP contribution < -0.4 is 10.6 Å². The number of ether oxygens (including phenoxy) is 1. The molecule has 1 heterocycles. The average molecular weight is 466 g/mol. The van der Waals surface area contributed by atoms with Crippen molar-refractivity contribution >= 4 is 29.9 Å². The zero-order chi connectivity index (χ0) is 17.3. The number of halogens is 1. The largest absolute Gasteiger partial charge is 0.385 e. The maximum Gasteiger partial charge on any atom is 0.191 e.